The van der Waals surface area contributed by atoms with Crippen LogP contribution in [-0.4, -0.2) is 51.2 Å². The summed E-state index contributed by atoms with van der Waals surface area (Å²) < 4.78 is 1.75. The van der Waals surface area contributed by atoms with Gasteiger partial charge < -0.3 is 26.0 Å². The number of amides is 1. The zero-order valence-electron chi connectivity index (χ0n) is 16.4. The molecule has 9 nitrogen and oxygen atoms in total. The van der Waals surface area contributed by atoms with Gasteiger partial charge in [0.1, 0.15) is 11.5 Å². The SMILES string of the molecule is Cc1nc2cccc(-c3cc4n(c3)C(CC(=O)O)CNC4=O)c2nc1NCCN.Cl. The highest BCUT2D eigenvalue weighted by Crippen LogP contribution is 2.32. The van der Waals surface area contributed by atoms with E-state index in [0.717, 1.165) is 22.3 Å². The monoisotopic (exact) mass is 430 g/mol. The summed E-state index contributed by atoms with van der Waals surface area (Å²) in [6.07, 6.45) is 1.76. The number of anilines is 1. The van der Waals surface area contributed by atoms with Crippen molar-refractivity contribution < 1.29 is 14.7 Å². The summed E-state index contributed by atoms with van der Waals surface area (Å²) >= 11 is 0. The fourth-order valence-corrected chi connectivity index (χ4v) is 3.64. The minimum absolute atomic E-state index is 0. The second-order valence-electron chi connectivity index (χ2n) is 7.03. The highest BCUT2D eigenvalue weighted by atomic mass is 35.5. The number of carbonyl (C=O) groups is 2. The Morgan fingerprint density at radius 3 is 2.93 bits per heavy atom. The fraction of sp³-hybridized carbons (Fsp3) is 0.300. The lowest BCUT2D eigenvalue weighted by atomic mass is 10.1. The van der Waals surface area contributed by atoms with Crippen LogP contribution in [0, 0.1) is 6.92 Å². The van der Waals surface area contributed by atoms with Gasteiger partial charge in [-0.3, -0.25) is 9.59 Å². The van der Waals surface area contributed by atoms with Gasteiger partial charge in [0.25, 0.3) is 5.91 Å². The van der Waals surface area contributed by atoms with Gasteiger partial charge in [-0.25, -0.2) is 9.97 Å². The lowest BCUT2D eigenvalue weighted by Gasteiger charge is -2.25. The third-order valence-corrected chi connectivity index (χ3v) is 5.00. The van der Waals surface area contributed by atoms with Crippen molar-refractivity contribution in [1.82, 2.24) is 19.9 Å². The molecule has 10 heteroatoms. The van der Waals surface area contributed by atoms with Crippen molar-refractivity contribution in [2.24, 2.45) is 5.73 Å². The summed E-state index contributed by atoms with van der Waals surface area (Å²) in [6, 6.07) is 7.14. The normalized spacial score (nSPS) is 15.3. The Hall–Kier alpha value is -3.17. The van der Waals surface area contributed by atoms with E-state index in [2.05, 4.69) is 15.6 Å². The first-order valence-corrected chi connectivity index (χ1v) is 9.41. The standard InChI is InChI=1S/C20H22N6O3.ClH/c1-11-19(22-6-5-21)25-18-14(3-2-4-15(18)24-11)12-7-16-20(29)23-9-13(8-17(27)28)26(16)10-12;/h2-4,7,10,13H,5-6,8-9,21H2,1H3,(H,22,25)(H,23,29)(H,27,28);1H. The Labute approximate surface area is 179 Å². The van der Waals surface area contributed by atoms with Crippen molar-refractivity contribution in [2.45, 2.75) is 19.4 Å². The van der Waals surface area contributed by atoms with Crippen molar-refractivity contribution in [2.75, 3.05) is 25.0 Å². The summed E-state index contributed by atoms with van der Waals surface area (Å²) in [6.45, 7) is 3.23. The average Bonchev–Trinajstić information content (AvgIpc) is 3.14. The van der Waals surface area contributed by atoms with E-state index in [4.69, 9.17) is 10.7 Å². The van der Waals surface area contributed by atoms with Crippen molar-refractivity contribution in [1.29, 1.82) is 0 Å². The van der Waals surface area contributed by atoms with E-state index in [1.807, 2.05) is 31.3 Å². The van der Waals surface area contributed by atoms with Gasteiger partial charge in [0, 0.05) is 37.0 Å². The number of aromatic nitrogens is 3. The lowest BCUT2D eigenvalue weighted by Crippen LogP contribution is -2.39. The molecule has 3 aromatic rings. The predicted molar refractivity (Wildman–Crippen MR) is 116 cm³/mol. The second kappa shape index (κ2) is 8.68. The van der Waals surface area contributed by atoms with Crippen LogP contribution in [0.1, 0.15) is 28.6 Å². The number of nitrogens with two attached hydrogens (primary N) is 1. The van der Waals surface area contributed by atoms with Crippen LogP contribution in [0.5, 0.6) is 0 Å². The van der Waals surface area contributed by atoms with Crippen molar-refractivity contribution in [3.63, 3.8) is 0 Å². The second-order valence-corrected chi connectivity index (χ2v) is 7.03. The number of para-hydroxylation sites is 1. The smallest absolute Gasteiger partial charge is 0.305 e. The minimum atomic E-state index is -0.908. The number of carbonyl (C=O) groups excluding carboxylic acids is 1. The number of carboxylic acid groups (broad SMARTS) is 1. The number of nitrogens with zero attached hydrogens (tertiary/aromatic N) is 3. The van der Waals surface area contributed by atoms with Crippen LogP contribution in [0.2, 0.25) is 0 Å². The first-order chi connectivity index (χ1) is 14.0. The number of hydrogen-bond acceptors (Lipinski definition) is 6. The molecule has 1 amide bonds. The number of aliphatic carboxylic acids is 1. The molecule has 5 N–H and O–H groups in total. The Morgan fingerprint density at radius 1 is 1.40 bits per heavy atom. The molecule has 158 valence electrons. The number of rotatable bonds is 6. The summed E-state index contributed by atoms with van der Waals surface area (Å²) in [5, 5.41) is 15.1. The molecule has 1 unspecified atom stereocenters. The molecular weight excluding hydrogens is 408 g/mol. The number of fused-ring (bicyclic) bond motifs is 2. The van der Waals surface area contributed by atoms with Gasteiger partial charge in [-0.2, -0.15) is 0 Å². The van der Waals surface area contributed by atoms with E-state index in [1.165, 1.54) is 0 Å². The third-order valence-electron chi connectivity index (χ3n) is 5.00. The molecule has 1 aliphatic heterocycles. The highest BCUT2D eigenvalue weighted by Gasteiger charge is 2.28. The van der Waals surface area contributed by atoms with Crippen LogP contribution >= 0.6 is 12.4 Å². The topological polar surface area (TPSA) is 135 Å². The van der Waals surface area contributed by atoms with E-state index in [-0.39, 0.29) is 37.3 Å². The molecule has 30 heavy (non-hydrogen) atoms. The number of halogens is 1. The van der Waals surface area contributed by atoms with E-state index in [0.29, 0.717) is 30.1 Å². The number of carboxylic acids is 1. The molecule has 0 saturated carbocycles. The first-order valence-electron chi connectivity index (χ1n) is 9.41. The number of nitrogens with one attached hydrogen (secondary N) is 2. The molecule has 2 aromatic heterocycles. The van der Waals surface area contributed by atoms with Crippen LogP contribution in [-0.2, 0) is 4.79 Å². The first kappa shape index (κ1) is 21.5. The molecule has 3 heterocycles. The largest absolute Gasteiger partial charge is 0.481 e. The Kier molecular flexibility index (Phi) is 6.23. The van der Waals surface area contributed by atoms with Crippen molar-refractivity contribution >= 4 is 41.1 Å². The molecule has 0 radical (unpaired) electrons. The zero-order chi connectivity index (χ0) is 20.5. The van der Waals surface area contributed by atoms with Crippen molar-refractivity contribution in [3.05, 3.63) is 41.9 Å². The molecule has 4 rings (SSSR count). The average molecular weight is 431 g/mol. The number of hydrogen-bond donors (Lipinski definition) is 4. The van der Waals surface area contributed by atoms with Gasteiger partial charge in [0.2, 0.25) is 0 Å². The number of benzene rings is 1. The maximum Gasteiger partial charge on any atom is 0.305 e. The van der Waals surface area contributed by atoms with Gasteiger partial charge in [0.15, 0.2) is 0 Å². The Balaban J connectivity index is 0.00000256. The van der Waals surface area contributed by atoms with Crippen LogP contribution in [0.15, 0.2) is 30.5 Å². The summed E-state index contributed by atoms with van der Waals surface area (Å²) in [5.41, 5.74) is 9.87. The summed E-state index contributed by atoms with van der Waals surface area (Å²) in [5.74, 6) is -0.458. The van der Waals surface area contributed by atoms with Gasteiger partial charge in [0.05, 0.1) is 29.2 Å². The molecule has 0 spiro atoms. The van der Waals surface area contributed by atoms with Gasteiger partial charge in [-0.1, -0.05) is 12.1 Å². The molecule has 1 aromatic carbocycles. The van der Waals surface area contributed by atoms with Gasteiger partial charge >= 0.3 is 5.97 Å². The van der Waals surface area contributed by atoms with Crippen LogP contribution in [0.3, 0.4) is 0 Å². The van der Waals surface area contributed by atoms with E-state index < -0.39 is 5.97 Å². The maximum atomic E-state index is 12.3. The van der Waals surface area contributed by atoms with Crippen LogP contribution < -0.4 is 16.4 Å². The lowest BCUT2D eigenvalue weighted by molar-refractivity contribution is -0.137. The van der Waals surface area contributed by atoms with Gasteiger partial charge in [-0.05, 0) is 19.1 Å². The fourth-order valence-electron chi connectivity index (χ4n) is 3.64. The third kappa shape index (κ3) is 3.94. The Bertz CT molecular complexity index is 1110. The molecule has 0 fully saturated rings. The minimum Gasteiger partial charge on any atom is -0.481 e. The van der Waals surface area contributed by atoms with E-state index >= 15 is 0 Å². The molecular formula is C20H23ClN6O3. The van der Waals surface area contributed by atoms with Crippen molar-refractivity contribution in [3.8, 4) is 11.1 Å². The summed E-state index contributed by atoms with van der Waals surface area (Å²) in [4.78, 5) is 32.9. The van der Waals surface area contributed by atoms with Crippen LogP contribution in [0.25, 0.3) is 22.2 Å². The van der Waals surface area contributed by atoms with Crippen LogP contribution in [0.4, 0.5) is 5.82 Å². The van der Waals surface area contributed by atoms with Gasteiger partial charge in [-0.15, -0.1) is 12.4 Å². The number of aryl methyl sites for hydroxylation is 1. The zero-order valence-corrected chi connectivity index (χ0v) is 17.2. The summed E-state index contributed by atoms with van der Waals surface area (Å²) in [7, 11) is 0. The molecule has 0 aliphatic carbocycles. The quantitative estimate of drug-likeness (QED) is 0.469. The predicted octanol–water partition coefficient (Wildman–Crippen LogP) is 1.96. The van der Waals surface area contributed by atoms with E-state index in [1.54, 1.807) is 10.6 Å². The molecule has 1 aliphatic rings. The maximum absolute atomic E-state index is 12.3. The molecule has 0 bridgehead atoms. The van der Waals surface area contributed by atoms with E-state index in [9.17, 15) is 14.7 Å². The Morgan fingerprint density at radius 2 is 2.20 bits per heavy atom. The molecule has 0 saturated heterocycles. The highest BCUT2D eigenvalue weighted by molar-refractivity contribution is 5.98. The molecule has 1 atom stereocenters.